The van der Waals surface area contributed by atoms with Crippen LogP contribution in [0.4, 0.5) is 10.5 Å². The normalized spacial score (nSPS) is 10.1. The van der Waals surface area contributed by atoms with Crippen LogP contribution in [-0.4, -0.2) is 18.0 Å². The summed E-state index contributed by atoms with van der Waals surface area (Å²) in [6.07, 6.45) is -0.790. The van der Waals surface area contributed by atoms with Gasteiger partial charge < -0.3 is 14.2 Å². The summed E-state index contributed by atoms with van der Waals surface area (Å²) in [6, 6.07) is 29.6. The Balaban J connectivity index is 1.59. The molecule has 0 aliphatic heterocycles. The number of esters is 2. The van der Waals surface area contributed by atoms with Gasteiger partial charge in [-0.05, 0) is 54.6 Å². The molecule has 0 aromatic heterocycles. The van der Waals surface area contributed by atoms with Crippen LogP contribution in [0.25, 0.3) is 0 Å². The number of hydrogen-bond acceptors (Lipinski definition) is 6. The molecule has 0 heterocycles. The van der Waals surface area contributed by atoms with Crippen LogP contribution in [0.3, 0.4) is 0 Å². The standard InChI is InChI=1S/C27H19NO6/c29-25(32-22-10-4-1-5-11-22)19-16-20(26(30)33-23-12-6-2-7-13-23)18-21(17-19)28-27(31)34-24-14-8-3-9-15-24/h1-18H,(H,28,31). The minimum absolute atomic E-state index is 0.0429. The summed E-state index contributed by atoms with van der Waals surface area (Å²) in [6.45, 7) is 0. The summed E-state index contributed by atoms with van der Waals surface area (Å²) in [4.78, 5) is 37.9. The van der Waals surface area contributed by atoms with Crippen LogP contribution in [0.5, 0.6) is 17.2 Å². The maximum absolute atomic E-state index is 12.8. The molecule has 0 saturated heterocycles. The first-order chi connectivity index (χ1) is 16.6. The van der Waals surface area contributed by atoms with Crippen molar-refractivity contribution in [2.75, 3.05) is 5.32 Å². The van der Waals surface area contributed by atoms with E-state index in [1.807, 2.05) is 0 Å². The van der Waals surface area contributed by atoms with Crippen LogP contribution in [0.15, 0.2) is 109 Å². The number of anilines is 1. The van der Waals surface area contributed by atoms with E-state index in [1.165, 1.54) is 18.2 Å². The van der Waals surface area contributed by atoms with Gasteiger partial charge in [-0.15, -0.1) is 0 Å². The number of carbonyl (C=O) groups is 3. The van der Waals surface area contributed by atoms with Crippen LogP contribution in [-0.2, 0) is 0 Å². The second-order valence-corrected chi connectivity index (χ2v) is 7.03. The Morgan fingerprint density at radius 1 is 0.500 bits per heavy atom. The molecule has 7 nitrogen and oxygen atoms in total. The van der Waals surface area contributed by atoms with Gasteiger partial charge in [-0.2, -0.15) is 0 Å². The van der Waals surface area contributed by atoms with E-state index in [9.17, 15) is 14.4 Å². The Morgan fingerprint density at radius 2 is 0.882 bits per heavy atom. The molecule has 1 N–H and O–H groups in total. The second kappa shape index (κ2) is 10.6. The van der Waals surface area contributed by atoms with E-state index in [0.29, 0.717) is 17.2 Å². The van der Waals surface area contributed by atoms with Gasteiger partial charge in [0.2, 0.25) is 0 Å². The van der Waals surface area contributed by atoms with Gasteiger partial charge in [0.1, 0.15) is 17.2 Å². The number of ether oxygens (including phenoxy) is 3. The van der Waals surface area contributed by atoms with Crippen molar-refractivity contribution >= 4 is 23.7 Å². The van der Waals surface area contributed by atoms with Crippen LogP contribution >= 0.6 is 0 Å². The van der Waals surface area contributed by atoms with Gasteiger partial charge in [0.25, 0.3) is 0 Å². The smallest absolute Gasteiger partial charge is 0.417 e. The van der Waals surface area contributed by atoms with E-state index in [0.717, 1.165) is 0 Å². The average Bonchev–Trinajstić information content (AvgIpc) is 2.85. The predicted octanol–water partition coefficient (Wildman–Crippen LogP) is 5.74. The number of benzene rings is 4. The highest BCUT2D eigenvalue weighted by atomic mass is 16.6. The molecular formula is C27H19NO6. The first-order valence-corrected chi connectivity index (χ1v) is 10.3. The molecule has 0 radical (unpaired) electrons. The fraction of sp³-hybridized carbons (Fsp3) is 0. The highest BCUT2D eigenvalue weighted by Crippen LogP contribution is 2.21. The van der Waals surface area contributed by atoms with Crippen LogP contribution in [0, 0.1) is 0 Å². The lowest BCUT2D eigenvalue weighted by Gasteiger charge is -2.11. The molecule has 0 spiro atoms. The Morgan fingerprint density at radius 3 is 1.29 bits per heavy atom. The van der Waals surface area contributed by atoms with E-state index in [2.05, 4.69) is 5.32 Å². The highest BCUT2D eigenvalue weighted by molar-refractivity contribution is 6.00. The van der Waals surface area contributed by atoms with E-state index < -0.39 is 18.0 Å². The first kappa shape index (κ1) is 22.3. The Labute approximate surface area is 195 Å². The van der Waals surface area contributed by atoms with E-state index in [1.54, 1.807) is 91.0 Å². The summed E-state index contributed by atoms with van der Waals surface area (Å²) in [5.74, 6) is -0.408. The monoisotopic (exact) mass is 453 g/mol. The maximum atomic E-state index is 12.8. The van der Waals surface area contributed by atoms with Gasteiger partial charge in [-0.3, -0.25) is 5.32 Å². The molecule has 0 unspecified atom stereocenters. The van der Waals surface area contributed by atoms with Crippen molar-refractivity contribution in [2.24, 2.45) is 0 Å². The maximum Gasteiger partial charge on any atom is 0.417 e. The Bertz CT molecular complexity index is 1220. The topological polar surface area (TPSA) is 90.9 Å². The zero-order chi connectivity index (χ0) is 23.8. The van der Waals surface area contributed by atoms with E-state index in [4.69, 9.17) is 14.2 Å². The van der Waals surface area contributed by atoms with Crippen molar-refractivity contribution in [3.8, 4) is 17.2 Å². The van der Waals surface area contributed by atoms with Crippen molar-refractivity contribution in [3.05, 3.63) is 120 Å². The Hall–Kier alpha value is -4.91. The molecule has 0 fully saturated rings. The molecular weight excluding hydrogens is 434 g/mol. The highest BCUT2D eigenvalue weighted by Gasteiger charge is 2.18. The lowest BCUT2D eigenvalue weighted by molar-refractivity contribution is 0.0734. The van der Waals surface area contributed by atoms with Crippen molar-refractivity contribution in [3.63, 3.8) is 0 Å². The summed E-state index contributed by atoms with van der Waals surface area (Å²) in [7, 11) is 0. The van der Waals surface area contributed by atoms with Gasteiger partial charge in [0, 0.05) is 5.69 Å². The summed E-state index contributed by atoms with van der Waals surface area (Å²) >= 11 is 0. The quantitative estimate of drug-likeness (QED) is 0.296. The molecule has 7 heteroatoms. The summed E-state index contributed by atoms with van der Waals surface area (Å²) in [5, 5.41) is 2.53. The lowest BCUT2D eigenvalue weighted by atomic mass is 10.1. The molecule has 34 heavy (non-hydrogen) atoms. The Kier molecular flexibility index (Phi) is 6.95. The molecule has 4 rings (SSSR count). The molecule has 168 valence electrons. The minimum atomic E-state index is -0.790. The van der Waals surface area contributed by atoms with Crippen LogP contribution < -0.4 is 19.5 Å². The molecule has 0 saturated carbocycles. The lowest BCUT2D eigenvalue weighted by Crippen LogP contribution is -2.19. The third-order valence-electron chi connectivity index (χ3n) is 4.51. The second-order valence-electron chi connectivity index (χ2n) is 7.03. The SMILES string of the molecule is O=C(Nc1cc(C(=O)Oc2ccccc2)cc(C(=O)Oc2ccccc2)c1)Oc1ccccc1. The van der Waals surface area contributed by atoms with Gasteiger partial charge in [0.15, 0.2) is 0 Å². The summed E-state index contributed by atoms with van der Waals surface area (Å²) < 4.78 is 16.0. The van der Waals surface area contributed by atoms with Crippen molar-refractivity contribution < 1.29 is 28.6 Å². The number of nitrogens with one attached hydrogen (secondary N) is 1. The van der Waals surface area contributed by atoms with Gasteiger partial charge in [-0.25, -0.2) is 14.4 Å². The zero-order valence-corrected chi connectivity index (χ0v) is 17.8. The third-order valence-corrected chi connectivity index (χ3v) is 4.51. The van der Waals surface area contributed by atoms with E-state index in [-0.39, 0.29) is 16.8 Å². The number of amides is 1. The number of carbonyl (C=O) groups excluding carboxylic acids is 3. The number of hydrogen-bond donors (Lipinski definition) is 1. The van der Waals surface area contributed by atoms with Gasteiger partial charge in [0.05, 0.1) is 11.1 Å². The molecule has 1 amide bonds. The predicted molar refractivity (Wildman–Crippen MR) is 125 cm³/mol. The molecule has 0 bridgehead atoms. The molecule has 0 aliphatic rings. The first-order valence-electron chi connectivity index (χ1n) is 10.3. The fourth-order valence-electron chi connectivity index (χ4n) is 2.98. The molecule has 0 aliphatic carbocycles. The largest absolute Gasteiger partial charge is 0.423 e. The molecule has 4 aromatic rings. The van der Waals surface area contributed by atoms with Crippen molar-refractivity contribution in [1.82, 2.24) is 0 Å². The van der Waals surface area contributed by atoms with Crippen LogP contribution in [0.2, 0.25) is 0 Å². The average molecular weight is 453 g/mol. The third kappa shape index (κ3) is 6.08. The molecule has 0 atom stereocenters. The zero-order valence-electron chi connectivity index (χ0n) is 17.8. The van der Waals surface area contributed by atoms with Crippen molar-refractivity contribution in [1.29, 1.82) is 0 Å². The van der Waals surface area contributed by atoms with Crippen LogP contribution in [0.1, 0.15) is 20.7 Å². The van der Waals surface area contributed by atoms with Gasteiger partial charge >= 0.3 is 18.0 Å². The molecule has 4 aromatic carbocycles. The fourth-order valence-corrected chi connectivity index (χ4v) is 2.98. The summed E-state index contributed by atoms with van der Waals surface area (Å²) in [5.41, 5.74) is 0.242. The van der Waals surface area contributed by atoms with E-state index >= 15 is 0 Å². The van der Waals surface area contributed by atoms with Gasteiger partial charge in [-0.1, -0.05) is 54.6 Å². The number of para-hydroxylation sites is 3. The van der Waals surface area contributed by atoms with Crippen molar-refractivity contribution in [2.45, 2.75) is 0 Å². The number of rotatable bonds is 6. The minimum Gasteiger partial charge on any atom is -0.423 e.